The van der Waals surface area contributed by atoms with Crippen molar-refractivity contribution < 1.29 is 9.18 Å². The SMILES string of the molecule is C#CC(CC)(CC)NC(=O)CSc1cc(F)ccc1N. The van der Waals surface area contributed by atoms with Gasteiger partial charge in [-0.15, -0.1) is 18.2 Å². The van der Waals surface area contributed by atoms with Crippen LogP contribution in [-0.2, 0) is 4.79 Å². The van der Waals surface area contributed by atoms with Crippen LogP contribution in [0.4, 0.5) is 10.1 Å². The van der Waals surface area contributed by atoms with Crippen LogP contribution in [0.15, 0.2) is 23.1 Å². The highest BCUT2D eigenvalue weighted by atomic mass is 32.2. The molecule has 0 bridgehead atoms. The van der Waals surface area contributed by atoms with Gasteiger partial charge in [0, 0.05) is 10.6 Å². The number of anilines is 1. The Hall–Kier alpha value is -1.67. The van der Waals surface area contributed by atoms with E-state index in [9.17, 15) is 9.18 Å². The summed E-state index contributed by atoms with van der Waals surface area (Å²) >= 11 is 1.20. The minimum atomic E-state index is -0.606. The lowest BCUT2D eigenvalue weighted by Gasteiger charge is -2.27. The fourth-order valence-corrected chi connectivity index (χ4v) is 2.54. The van der Waals surface area contributed by atoms with E-state index in [-0.39, 0.29) is 17.5 Å². The van der Waals surface area contributed by atoms with Crippen LogP contribution >= 0.6 is 11.8 Å². The first kappa shape index (κ1) is 16.4. The number of nitrogens with one attached hydrogen (secondary N) is 1. The topological polar surface area (TPSA) is 55.1 Å². The maximum atomic E-state index is 13.1. The maximum Gasteiger partial charge on any atom is 0.231 e. The lowest BCUT2D eigenvalue weighted by molar-refractivity contribution is -0.119. The first-order valence-electron chi connectivity index (χ1n) is 6.43. The van der Waals surface area contributed by atoms with E-state index in [0.717, 1.165) is 0 Å². The molecule has 20 heavy (non-hydrogen) atoms. The molecule has 0 aliphatic carbocycles. The van der Waals surface area contributed by atoms with Crippen molar-refractivity contribution in [2.24, 2.45) is 0 Å². The smallest absolute Gasteiger partial charge is 0.231 e. The quantitative estimate of drug-likeness (QED) is 0.482. The van der Waals surface area contributed by atoms with Gasteiger partial charge in [-0.05, 0) is 31.0 Å². The monoisotopic (exact) mass is 294 g/mol. The summed E-state index contributed by atoms with van der Waals surface area (Å²) in [5, 5.41) is 2.85. The number of hydrogen-bond donors (Lipinski definition) is 2. The maximum absolute atomic E-state index is 13.1. The molecule has 0 aliphatic rings. The predicted molar refractivity (Wildman–Crippen MR) is 81.8 cm³/mol. The van der Waals surface area contributed by atoms with Crippen LogP contribution in [0.25, 0.3) is 0 Å². The van der Waals surface area contributed by atoms with Crippen LogP contribution < -0.4 is 11.1 Å². The molecular weight excluding hydrogens is 275 g/mol. The van der Waals surface area contributed by atoms with E-state index >= 15 is 0 Å². The molecule has 0 saturated carbocycles. The molecule has 0 fully saturated rings. The number of carbonyl (C=O) groups is 1. The van der Waals surface area contributed by atoms with Gasteiger partial charge in [0.2, 0.25) is 5.91 Å². The minimum absolute atomic E-state index is 0.150. The van der Waals surface area contributed by atoms with Crippen molar-refractivity contribution in [2.45, 2.75) is 37.1 Å². The van der Waals surface area contributed by atoms with E-state index in [0.29, 0.717) is 23.4 Å². The molecule has 0 spiro atoms. The summed E-state index contributed by atoms with van der Waals surface area (Å²) in [4.78, 5) is 12.5. The van der Waals surface area contributed by atoms with Crippen LogP contribution in [0, 0.1) is 18.2 Å². The average molecular weight is 294 g/mol. The van der Waals surface area contributed by atoms with Crippen molar-refractivity contribution in [3.05, 3.63) is 24.0 Å². The number of benzene rings is 1. The third-order valence-corrected chi connectivity index (χ3v) is 4.27. The fourth-order valence-electron chi connectivity index (χ4n) is 1.75. The van der Waals surface area contributed by atoms with Gasteiger partial charge in [0.25, 0.3) is 0 Å². The highest BCUT2D eigenvalue weighted by Gasteiger charge is 2.25. The molecule has 5 heteroatoms. The largest absolute Gasteiger partial charge is 0.398 e. The Bertz CT molecular complexity index is 521. The number of rotatable bonds is 6. The summed E-state index contributed by atoms with van der Waals surface area (Å²) in [5.41, 5.74) is 5.58. The van der Waals surface area contributed by atoms with Crippen LogP contribution in [0.5, 0.6) is 0 Å². The van der Waals surface area contributed by atoms with Crippen LogP contribution in [0.3, 0.4) is 0 Å². The van der Waals surface area contributed by atoms with E-state index in [4.69, 9.17) is 12.2 Å². The van der Waals surface area contributed by atoms with Crippen molar-refractivity contribution >= 4 is 23.4 Å². The minimum Gasteiger partial charge on any atom is -0.398 e. The predicted octanol–water partition coefficient (Wildman–Crippen LogP) is 2.81. The molecule has 0 radical (unpaired) electrons. The standard InChI is InChI=1S/C15H19FN2OS/c1-4-15(5-2,6-3)18-14(19)10-20-13-9-11(16)7-8-12(13)17/h1,7-9H,5-6,10,17H2,2-3H3,(H,18,19). The molecule has 0 atom stereocenters. The fraction of sp³-hybridized carbons (Fsp3) is 0.400. The summed E-state index contributed by atoms with van der Waals surface area (Å²) in [6.07, 6.45) is 6.82. The third kappa shape index (κ3) is 4.17. The molecule has 1 aromatic carbocycles. The van der Waals surface area contributed by atoms with Gasteiger partial charge in [-0.1, -0.05) is 19.8 Å². The Morgan fingerprint density at radius 3 is 2.70 bits per heavy atom. The molecule has 0 saturated heterocycles. The number of carbonyl (C=O) groups excluding carboxylic acids is 1. The zero-order valence-corrected chi connectivity index (χ0v) is 12.5. The number of halogens is 1. The van der Waals surface area contributed by atoms with Crippen LogP contribution in [0.2, 0.25) is 0 Å². The summed E-state index contributed by atoms with van der Waals surface area (Å²) in [7, 11) is 0. The number of terminal acetylenes is 1. The third-order valence-electron chi connectivity index (χ3n) is 3.20. The van der Waals surface area contributed by atoms with E-state index in [2.05, 4.69) is 11.2 Å². The number of amides is 1. The molecule has 3 nitrogen and oxygen atoms in total. The normalized spacial score (nSPS) is 10.9. The summed E-state index contributed by atoms with van der Waals surface area (Å²) in [5.74, 6) is 2.24. The number of thioether (sulfide) groups is 1. The Balaban J connectivity index is 2.64. The molecular formula is C15H19FN2OS. The van der Waals surface area contributed by atoms with Gasteiger partial charge in [-0.3, -0.25) is 4.79 Å². The van der Waals surface area contributed by atoms with Crippen molar-refractivity contribution in [1.82, 2.24) is 5.32 Å². The summed E-state index contributed by atoms with van der Waals surface area (Å²) in [6.45, 7) is 3.86. The summed E-state index contributed by atoms with van der Waals surface area (Å²) < 4.78 is 13.1. The Morgan fingerprint density at radius 1 is 1.50 bits per heavy atom. The molecule has 0 aromatic heterocycles. The second-order valence-electron chi connectivity index (χ2n) is 4.45. The van der Waals surface area contributed by atoms with Gasteiger partial charge in [0.1, 0.15) is 11.4 Å². The highest BCUT2D eigenvalue weighted by molar-refractivity contribution is 8.00. The summed E-state index contributed by atoms with van der Waals surface area (Å²) in [6, 6.07) is 4.09. The van der Waals surface area contributed by atoms with Gasteiger partial charge in [-0.25, -0.2) is 4.39 Å². The van der Waals surface area contributed by atoms with E-state index in [1.807, 2.05) is 13.8 Å². The average Bonchev–Trinajstić information content (AvgIpc) is 2.46. The van der Waals surface area contributed by atoms with Gasteiger partial charge < -0.3 is 11.1 Å². The van der Waals surface area contributed by atoms with E-state index in [1.165, 1.54) is 30.0 Å². The second-order valence-corrected chi connectivity index (χ2v) is 5.47. The Morgan fingerprint density at radius 2 is 2.15 bits per heavy atom. The Labute approximate surface area is 123 Å². The molecule has 1 amide bonds. The van der Waals surface area contributed by atoms with Gasteiger partial charge >= 0.3 is 0 Å². The van der Waals surface area contributed by atoms with Gasteiger partial charge in [-0.2, -0.15) is 0 Å². The van der Waals surface area contributed by atoms with Crippen molar-refractivity contribution in [3.63, 3.8) is 0 Å². The first-order chi connectivity index (χ1) is 9.46. The second kappa shape index (κ2) is 7.20. The van der Waals surface area contributed by atoms with Crippen molar-refractivity contribution in [3.8, 4) is 12.3 Å². The number of hydrogen-bond acceptors (Lipinski definition) is 3. The van der Waals surface area contributed by atoms with Crippen LogP contribution in [0.1, 0.15) is 26.7 Å². The highest BCUT2D eigenvalue weighted by Crippen LogP contribution is 2.25. The molecule has 0 aliphatic heterocycles. The molecule has 3 N–H and O–H groups in total. The van der Waals surface area contributed by atoms with Crippen molar-refractivity contribution in [1.29, 1.82) is 0 Å². The number of nitrogens with two attached hydrogens (primary N) is 1. The van der Waals surface area contributed by atoms with Crippen LogP contribution in [-0.4, -0.2) is 17.2 Å². The lowest BCUT2D eigenvalue weighted by Crippen LogP contribution is -2.47. The molecule has 0 unspecified atom stereocenters. The van der Waals surface area contributed by atoms with E-state index < -0.39 is 5.54 Å². The van der Waals surface area contributed by atoms with Crippen molar-refractivity contribution in [2.75, 3.05) is 11.5 Å². The lowest BCUT2D eigenvalue weighted by atomic mass is 9.94. The molecule has 1 rings (SSSR count). The van der Waals surface area contributed by atoms with Gasteiger partial charge in [0.15, 0.2) is 0 Å². The van der Waals surface area contributed by atoms with E-state index in [1.54, 1.807) is 0 Å². The zero-order chi connectivity index (χ0) is 15.2. The molecule has 108 valence electrons. The zero-order valence-electron chi connectivity index (χ0n) is 11.7. The van der Waals surface area contributed by atoms with Gasteiger partial charge in [0.05, 0.1) is 5.75 Å². The molecule has 0 heterocycles. The first-order valence-corrected chi connectivity index (χ1v) is 7.41. The Kier molecular flexibility index (Phi) is 5.90. The molecule has 1 aromatic rings. The number of nitrogen functional groups attached to an aromatic ring is 1.